The van der Waals surface area contributed by atoms with Crippen LogP contribution in [0.5, 0.6) is 0 Å². The molecule has 1 saturated heterocycles. The maximum atomic E-state index is 14.6. The molecule has 2 aliphatic heterocycles. The Kier molecular flexibility index (Phi) is 6.99. The second kappa shape index (κ2) is 10.5. The summed E-state index contributed by atoms with van der Waals surface area (Å²) in [4.78, 5) is 54.9. The number of rotatable bonds is 4. The number of piperidine rings is 1. The quantitative estimate of drug-likeness (QED) is 0.499. The van der Waals surface area contributed by atoms with Crippen LogP contribution < -0.4 is 10.6 Å². The molecule has 11 nitrogen and oxygen atoms in total. The molecule has 4 heterocycles. The van der Waals surface area contributed by atoms with E-state index in [0.29, 0.717) is 11.6 Å². The van der Waals surface area contributed by atoms with Gasteiger partial charge in [0.15, 0.2) is 5.65 Å². The number of nitrogens with one attached hydrogen (secondary N) is 2. The predicted octanol–water partition coefficient (Wildman–Crippen LogP) is 2.85. The van der Waals surface area contributed by atoms with Crippen molar-refractivity contribution in [2.75, 3.05) is 0 Å². The smallest absolute Gasteiger partial charge is 0.322 e. The predicted molar refractivity (Wildman–Crippen MR) is 127 cm³/mol. The molecule has 1 aliphatic carbocycles. The van der Waals surface area contributed by atoms with Gasteiger partial charge in [0.1, 0.15) is 11.9 Å². The van der Waals surface area contributed by atoms with Crippen molar-refractivity contribution in [1.82, 2.24) is 30.3 Å². The number of amides is 4. The number of carbonyl (C=O) groups excluding carboxylic acids is 4. The van der Waals surface area contributed by atoms with Crippen molar-refractivity contribution < 1.29 is 33.0 Å². The van der Waals surface area contributed by atoms with Crippen molar-refractivity contribution in [3.8, 4) is 0 Å². The van der Waals surface area contributed by atoms with Crippen molar-refractivity contribution in [3.05, 3.63) is 59.2 Å². The lowest BCUT2D eigenvalue weighted by Gasteiger charge is -2.29. The van der Waals surface area contributed by atoms with Gasteiger partial charge in [-0.2, -0.15) is 5.10 Å². The van der Waals surface area contributed by atoms with E-state index >= 15 is 0 Å². The molecule has 2 aromatic heterocycles. The van der Waals surface area contributed by atoms with E-state index in [1.54, 1.807) is 0 Å². The lowest BCUT2D eigenvalue weighted by atomic mass is 9.93. The van der Waals surface area contributed by atoms with Crippen LogP contribution in [0.25, 0.3) is 11.0 Å². The van der Waals surface area contributed by atoms with Gasteiger partial charge < -0.3 is 10.2 Å². The summed E-state index contributed by atoms with van der Waals surface area (Å²) in [6.07, 6.45) is 6.47. The molecule has 2 N–H and O–H groups in total. The van der Waals surface area contributed by atoms with Crippen LogP contribution in [-0.2, 0) is 27.6 Å². The van der Waals surface area contributed by atoms with Gasteiger partial charge in [0.2, 0.25) is 11.8 Å². The van der Waals surface area contributed by atoms with Crippen LogP contribution in [0.3, 0.4) is 0 Å². The molecule has 1 atom stereocenters. The number of imide groups is 1. The van der Waals surface area contributed by atoms with E-state index in [2.05, 4.69) is 31.1 Å². The Labute approximate surface area is 215 Å². The van der Waals surface area contributed by atoms with Crippen LogP contribution >= 0.6 is 0 Å². The number of pyridine rings is 1. The fraction of sp³-hybridized carbons (Fsp3) is 0.360. The van der Waals surface area contributed by atoms with E-state index in [0.717, 1.165) is 11.0 Å². The first-order chi connectivity index (χ1) is 18.4. The highest BCUT2D eigenvalue weighted by Crippen LogP contribution is 2.33. The van der Waals surface area contributed by atoms with Crippen molar-refractivity contribution >= 4 is 34.8 Å². The Morgan fingerprint density at radius 3 is 2.71 bits per heavy atom. The Hall–Kier alpha value is -4.42. The Morgan fingerprint density at radius 1 is 1.18 bits per heavy atom. The van der Waals surface area contributed by atoms with Gasteiger partial charge in [-0.15, -0.1) is 0 Å². The van der Waals surface area contributed by atoms with Gasteiger partial charge in [0.25, 0.3) is 5.91 Å². The number of carbonyl (C=O) groups is 4. The van der Waals surface area contributed by atoms with E-state index in [1.807, 2.05) is 23.8 Å². The number of hydrogen-bond donors (Lipinski definition) is 2. The van der Waals surface area contributed by atoms with Crippen LogP contribution in [0.4, 0.5) is 13.7 Å². The Morgan fingerprint density at radius 2 is 2.00 bits per heavy atom. The summed E-state index contributed by atoms with van der Waals surface area (Å²) in [6, 6.07) is 6.63. The summed E-state index contributed by atoms with van der Waals surface area (Å²) in [7, 11) is 0. The standard InChI is InChI=1S/C15H13F2N3O5.C10H11N3/c16-12-7(5-18-15(24)25-17)1-2-8-6-20(14(23)11(8)12)9-3-4-10(21)19-13(9)22;1-4-9(5-1)13-10-8(7-12-13)3-2-6-11-10/h1-2,9H,3-6H2,(H,18,24)(H,19,21,22);2-3,6-7,9H,1,4-5H2. The summed E-state index contributed by atoms with van der Waals surface area (Å²) < 4.78 is 28.3. The van der Waals surface area contributed by atoms with Crippen LogP contribution in [0.1, 0.15) is 59.6 Å². The maximum Gasteiger partial charge on any atom is 0.445 e. The number of aromatic nitrogens is 3. The first kappa shape index (κ1) is 25.2. The topological polar surface area (TPSA) is 136 Å². The SMILES string of the molecule is O=C1CCC(N2Cc3ccc(CNC(=O)OF)c(F)c3C2=O)C(=O)N1.c1cnc2c(c1)cnn2C1CCC1. The number of hydrogen-bond acceptors (Lipinski definition) is 7. The molecule has 1 saturated carbocycles. The van der Waals surface area contributed by atoms with Crippen LogP contribution in [-0.4, -0.2) is 49.5 Å². The fourth-order valence-corrected chi connectivity index (χ4v) is 4.76. The summed E-state index contributed by atoms with van der Waals surface area (Å²) in [5, 5.41) is 9.65. The van der Waals surface area contributed by atoms with Crippen LogP contribution in [0.2, 0.25) is 0 Å². The average Bonchev–Trinajstić information content (AvgIpc) is 3.44. The number of benzene rings is 1. The zero-order valence-electron chi connectivity index (χ0n) is 20.2. The summed E-state index contributed by atoms with van der Waals surface area (Å²) in [5.74, 6) is -2.52. The van der Waals surface area contributed by atoms with Gasteiger partial charge in [0.05, 0.1) is 17.8 Å². The summed E-state index contributed by atoms with van der Waals surface area (Å²) in [5.41, 5.74) is 1.21. The zero-order chi connectivity index (χ0) is 26.8. The van der Waals surface area contributed by atoms with Gasteiger partial charge in [-0.25, -0.2) is 23.8 Å². The normalized spacial score (nSPS) is 18.8. The van der Waals surface area contributed by atoms with Gasteiger partial charge in [-0.1, -0.05) is 12.1 Å². The molecule has 0 radical (unpaired) electrons. The third-order valence-electron chi connectivity index (χ3n) is 6.98. The molecule has 3 aliphatic rings. The minimum atomic E-state index is -1.38. The minimum absolute atomic E-state index is 0.0253. The van der Waals surface area contributed by atoms with Gasteiger partial charge >= 0.3 is 6.09 Å². The van der Waals surface area contributed by atoms with E-state index in [-0.39, 0.29) is 37.1 Å². The molecule has 6 rings (SSSR count). The van der Waals surface area contributed by atoms with Crippen molar-refractivity contribution in [2.24, 2.45) is 0 Å². The molecule has 38 heavy (non-hydrogen) atoms. The van der Waals surface area contributed by atoms with E-state index in [9.17, 15) is 28.1 Å². The molecule has 0 bridgehead atoms. The highest BCUT2D eigenvalue weighted by molar-refractivity contribution is 6.05. The van der Waals surface area contributed by atoms with Crippen molar-refractivity contribution in [2.45, 2.75) is 57.3 Å². The van der Waals surface area contributed by atoms with Gasteiger partial charge in [0, 0.05) is 41.2 Å². The third-order valence-corrected chi connectivity index (χ3v) is 6.98. The lowest BCUT2D eigenvalue weighted by molar-refractivity contribution is -0.136. The molecule has 4 amide bonds. The summed E-state index contributed by atoms with van der Waals surface area (Å²) >= 11 is 0. The van der Waals surface area contributed by atoms with Gasteiger partial charge in [-0.3, -0.25) is 19.7 Å². The Bertz CT molecular complexity index is 1420. The molecule has 3 aromatic rings. The summed E-state index contributed by atoms with van der Waals surface area (Å²) in [6.45, 7) is -0.328. The first-order valence-electron chi connectivity index (χ1n) is 12.2. The van der Waals surface area contributed by atoms with Crippen molar-refractivity contribution in [1.29, 1.82) is 0 Å². The second-order valence-electron chi connectivity index (χ2n) is 9.28. The molecule has 198 valence electrons. The van der Waals surface area contributed by atoms with E-state index in [4.69, 9.17) is 0 Å². The molecule has 2 fully saturated rings. The first-order valence-corrected chi connectivity index (χ1v) is 12.2. The van der Waals surface area contributed by atoms with Crippen LogP contribution in [0.15, 0.2) is 36.7 Å². The highest BCUT2D eigenvalue weighted by Gasteiger charge is 2.40. The molecular formula is C25H24F2N6O5. The number of nitrogens with zero attached hydrogens (tertiary/aromatic N) is 4. The second-order valence-corrected chi connectivity index (χ2v) is 9.28. The average molecular weight is 527 g/mol. The number of fused-ring (bicyclic) bond motifs is 2. The molecule has 0 spiro atoms. The minimum Gasteiger partial charge on any atom is -0.322 e. The fourth-order valence-electron chi connectivity index (χ4n) is 4.76. The van der Waals surface area contributed by atoms with Gasteiger partial charge in [-0.05, 0) is 43.4 Å². The molecule has 1 aromatic carbocycles. The molecule has 13 heteroatoms. The van der Waals surface area contributed by atoms with Crippen LogP contribution in [0, 0.1) is 5.82 Å². The van der Waals surface area contributed by atoms with Crippen molar-refractivity contribution in [3.63, 3.8) is 0 Å². The molecule has 1 unspecified atom stereocenters. The van der Waals surface area contributed by atoms with E-state index < -0.39 is 35.7 Å². The maximum absolute atomic E-state index is 14.6. The van der Waals surface area contributed by atoms with E-state index in [1.165, 1.54) is 36.3 Å². The largest absolute Gasteiger partial charge is 0.445 e. The number of halogens is 2. The monoisotopic (exact) mass is 526 g/mol. The third kappa shape index (κ3) is 4.78. The Balaban J connectivity index is 0.000000187. The molecular weight excluding hydrogens is 502 g/mol. The zero-order valence-corrected chi connectivity index (χ0v) is 20.2. The lowest BCUT2D eigenvalue weighted by Crippen LogP contribution is -2.52. The highest BCUT2D eigenvalue weighted by atomic mass is 19.3.